The van der Waals surface area contributed by atoms with Gasteiger partial charge < -0.3 is 10.1 Å². The van der Waals surface area contributed by atoms with Gasteiger partial charge in [-0.05, 0) is 62.1 Å². The number of methoxy groups -OCH3 is 1. The van der Waals surface area contributed by atoms with Crippen molar-refractivity contribution in [1.29, 1.82) is 0 Å². The SMILES string of the molecule is CCCn1nnc2cc(S(=O)(=O)N3CCCC[C@H]3C(=O)Nc3cc(C)ccc3OC)ccc21. The number of carbonyl (C=O) groups is 1. The quantitative estimate of drug-likeness (QED) is 0.566. The van der Waals surface area contributed by atoms with Gasteiger partial charge in [0.05, 0.1) is 23.2 Å². The summed E-state index contributed by atoms with van der Waals surface area (Å²) >= 11 is 0. The Kier molecular flexibility index (Phi) is 6.66. The van der Waals surface area contributed by atoms with Gasteiger partial charge in [-0.1, -0.05) is 24.6 Å². The third-order valence-corrected chi connectivity index (χ3v) is 7.80. The van der Waals surface area contributed by atoms with Crippen molar-refractivity contribution in [2.75, 3.05) is 19.0 Å². The Labute approximate surface area is 193 Å². The summed E-state index contributed by atoms with van der Waals surface area (Å²) in [7, 11) is -2.37. The first-order chi connectivity index (χ1) is 15.8. The van der Waals surface area contributed by atoms with E-state index in [0.29, 0.717) is 36.3 Å². The van der Waals surface area contributed by atoms with Gasteiger partial charge in [-0.3, -0.25) is 4.79 Å². The fraction of sp³-hybridized carbons (Fsp3) is 0.435. The second-order valence-corrected chi connectivity index (χ2v) is 10.2. The molecule has 2 heterocycles. The molecule has 1 amide bonds. The number of nitrogens with zero attached hydrogens (tertiary/aromatic N) is 4. The Morgan fingerprint density at radius 2 is 2.03 bits per heavy atom. The molecule has 0 spiro atoms. The maximum Gasteiger partial charge on any atom is 0.243 e. The summed E-state index contributed by atoms with van der Waals surface area (Å²) in [5.74, 6) is 0.164. The van der Waals surface area contributed by atoms with E-state index in [2.05, 4.69) is 15.6 Å². The molecule has 0 saturated carbocycles. The van der Waals surface area contributed by atoms with Crippen LogP contribution in [0.1, 0.15) is 38.2 Å². The number of rotatable bonds is 7. The predicted octanol–water partition coefficient (Wildman–Crippen LogP) is 3.34. The molecule has 9 nitrogen and oxygen atoms in total. The zero-order valence-corrected chi connectivity index (χ0v) is 19.9. The minimum Gasteiger partial charge on any atom is -0.495 e. The molecule has 0 radical (unpaired) electrons. The van der Waals surface area contributed by atoms with Gasteiger partial charge in [-0.15, -0.1) is 5.10 Å². The highest BCUT2D eigenvalue weighted by atomic mass is 32.2. The predicted molar refractivity (Wildman–Crippen MR) is 126 cm³/mol. The number of benzene rings is 2. The lowest BCUT2D eigenvalue weighted by Gasteiger charge is -2.33. The van der Waals surface area contributed by atoms with E-state index in [1.165, 1.54) is 17.5 Å². The summed E-state index contributed by atoms with van der Waals surface area (Å²) in [6.45, 7) is 4.95. The number of amides is 1. The molecule has 176 valence electrons. The van der Waals surface area contributed by atoms with Crippen LogP contribution in [0.5, 0.6) is 5.75 Å². The number of fused-ring (bicyclic) bond motifs is 1. The van der Waals surface area contributed by atoms with Gasteiger partial charge in [0, 0.05) is 13.1 Å². The van der Waals surface area contributed by atoms with E-state index >= 15 is 0 Å². The lowest BCUT2D eigenvalue weighted by Crippen LogP contribution is -2.49. The van der Waals surface area contributed by atoms with Gasteiger partial charge in [-0.25, -0.2) is 13.1 Å². The maximum absolute atomic E-state index is 13.6. The van der Waals surface area contributed by atoms with Crippen molar-refractivity contribution in [1.82, 2.24) is 19.3 Å². The van der Waals surface area contributed by atoms with E-state index in [-0.39, 0.29) is 17.3 Å². The summed E-state index contributed by atoms with van der Waals surface area (Å²) in [6, 6.07) is 9.51. The largest absolute Gasteiger partial charge is 0.495 e. The lowest BCUT2D eigenvalue weighted by atomic mass is 10.0. The fourth-order valence-corrected chi connectivity index (χ4v) is 5.89. The summed E-state index contributed by atoms with van der Waals surface area (Å²) in [5, 5.41) is 11.1. The second-order valence-electron chi connectivity index (χ2n) is 8.28. The van der Waals surface area contributed by atoms with Crippen LogP contribution in [0.2, 0.25) is 0 Å². The standard InChI is InChI=1S/C23H29N5O4S/c1-4-12-27-20-10-9-17(15-18(20)25-26-27)33(30,31)28-13-6-5-7-21(28)23(29)24-19-14-16(2)8-11-22(19)32-3/h8-11,14-15,21H,4-7,12-13H2,1-3H3,(H,24,29)/t21-/m0/s1. The molecule has 1 fully saturated rings. The normalized spacial score (nSPS) is 17.2. The van der Waals surface area contributed by atoms with E-state index in [1.807, 2.05) is 26.0 Å². The van der Waals surface area contributed by atoms with Crippen molar-refractivity contribution in [3.63, 3.8) is 0 Å². The van der Waals surface area contributed by atoms with Crippen molar-refractivity contribution >= 4 is 32.7 Å². The number of aryl methyl sites for hydroxylation is 2. The molecule has 1 N–H and O–H groups in total. The van der Waals surface area contributed by atoms with Gasteiger partial charge >= 0.3 is 0 Å². The minimum atomic E-state index is -3.90. The number of ether oxygens (including phenoxy) is 1. The molecule has 1 aromatic heterocycles. The topological polar surface area (TPSA) is 106 Å². The number of nitrogens with one attached hydrogen (secondary N) is 1. The van der Waals surface area contributed by atoms with E-state index in [9.17, 15) is 13.2 Å². The minimum absolute atomic E-state index is 0.117. The van der Waals surface area contributed by atoms with Crippen LogP contribution in [0, 0.1) is 6.92 Å². The number of sulfonamides is 1. The first-order valence-corrected chi connectivity index (χ1v) is 12.6. The van der Waals surface area contributed by atoms with E-state index in [1.54, 1.807) is 22.9 Å². The van der Waals surface area contributed by atoms with Gasteiger partial charge in [0.15, 0.2) is 0 Å². The van der Waals surface area contributed by atoms with Crippen LogP contribution in [0.3, 0.4) is 0 Å². The molecular formula is C23H29N5O4S. The van der Waals surface area contributed by atoms with Crippen molar-refractivity contribution in [3.05, 3.63) is 42.0 Å². The maximum atomic E-state index is 13.6. The Morgan fingerprint density at radius 3 is 2.79 bits per heavy atom. The average Bonchev–Trinajstić information content (AvgIpc) is 3.21. The van der Waals surface area contributed by atoms with E-state index in [4.69, 9.17) is 4.74 Å². The smallest absolute Gasteiger partial charge is 0.243 e. The Hall–Kier alpha value is -2.98. The average molecular weight is 472 g/mol. The first kappa shape index (κ1) is 23.2. The molecule has 0 bridgehead atoms. The lowest BCUT2D eigenvalue weighted by molar-refractivity contribution is -0.120. The number of piperidine rings is 1. The van der Waals surface area contributed by atoms with E-state index < -0.39 is 16.1 Å². The molecule has 1 saturated heterocycles. The third-order valence-electron chi connectivity index (χ3n) is 5.90. The number of anilines is 1. The first-order valence-electron chi connectivity index (χ1n) is 11.2. The zero-order valence-electron chi connectivity index (χ0n) is 19.1. The summed E-state index contributed by atoms with van der Waals surface area (Å²) < 4.78 is 35.6. The second kappa shape index (κ2) is 9.48. The van der Waals surface area contributed by atoms with Crippen LogP contribution in [0.15, 0.2) is 41.3 Å². The Balaban J connectivity index is 1.63. The molecule has 2 aromatic carbocycles. The molecule has 1 aliphatic heterocycles. The van der Waals surface area contributed by atoms with Crippen LogP contribution in [-0.2, 0) is 21.4 Å². The van der Waals surface area contributed by atoms with Crippen molar-refractivity contribution < 1.29 is 17.9 Å². The molecular weight excluding hydrogens is 442 g/mol. The van der Waals surface area contributed by atoms with Crippen molar-refractivity contribution in [2.24, 2.45) is 0 Å². The molecule has 1 atom stereocenters. The van der Waals surface area contributed by atoms with Gasteiger partial charge in [-0.2, -0.15) is 4.31 Å². The molecule has 1 aliphatic rings. The van der Waals surface area contributed by atoms with Crippen LogP contribution >= 0.6 is 0 Å². The van der Waals surface area contributed by atoms with Gasteiger partial charge in [0.25, 0.3) is 0 Å². The third kappa shape index (κ3) is 4.58. The zero-order chi connectivity index (χ0) is 23.6. The summed E-state index contributed by atoms with van der Waals surface area (Å²) in [6.07, 6.45) is 2.83. The molecule has 10 heteroatoms. The van der Waals surface area contributed by atoms with Gasteiger partial charge in [0.1, 0.15) is 17.3 Å². The molecule has 0 aliphatic carbocycles. The number of hydrogen-bond acceptors (Lipinski definition) is 6. The monoisotopic (exact) mass is 471 g/mol. The highest BCUT2D eigenvalue weighted by molar-refractivity contribution is 7.89. The van der Waals surface area contributed by atoms with Crippen molar-refractivity contribution in [2.45, 2.75) is 57.0 Å². The van der Waals surface area contributed by atoms with Crippen LogP contribution in [-0.4, -0.2) is 53.3 Å². The fourth-order valence-electron chi connectivity index (χ4n) is 4.22. The number of hydrogen-bond donors (Lipinski definition) is 1. The highest BCUT2D eigenvalue weighted by Gasteiger charge is 2.38. The molecule has 3 aromatic rings. The highest BCUT2D eigenvalue weighted by Crippen LogP contribution is 2.30. The van der Waals surface area contributed by atoms with Crippen molar-refractivity contribution in [3.8, 4) is 5.75 Å². The molecule has 0 unspecified atom stereocenters. The molecule has 33 heavy (non-hydrogen) atoms. The van der Waals surface area contributed by atoms with Crippen LogP contribution in [0.25, 0.3) is 11.0 Å². The summed E-state index contributed by atoms with van der Waals surface area (Å²) in [5.41, 5.74) is 2.80. The Bertz CT molecular complexity index is 1270. The Morgan fingerprint density at radius 1 is 1.21 bits per heavy atom. The van der Waals surface area contributed by atoms with E-state index in [0.717, 1.165) is 23.9 Å². The van der Waals surface area contributed by atoms with Gasteiger partial charge in [0.2, 0.25) is 15.9 Å². The number of carbonyl (C=O) groups excluding carboxylic acids is 1. The number of aromatic nitrogens is 3. The van der Waals surface area contributed by atoms with Crippen LogP contribution in [0.4, 0.5) is 5.69 Å². The summed E-state index contributed by atoms with van der Waals surface area (Å²) in [4.78, 5) is 13.3. The van der Waals surface area contributed by atoms with Crippen LogP contribution < -0.4 is 10.1 Å². The molecule has 4 rings (SSSR count).